The SMILES string of the molecule is CC1CCCCC1NC(=O)NC(=O)CNC(c1ccccc1)c1ccccn1. The molecule has 1 fully saturated rings. The first-order chi connectivity index (χ1) is 13.6. The Kier molecular flexibility index (Phi) is 7.14. The molecule has 3 N–H and O–H groups in total. The van der Waals surface area contributed by atoms with Gasteiger partial charge in [-0.25, -0.2) is 4.79 Å². The molecule has 3 rings (SSSR count). The summed E-state index contributed by atoms with van der Waals surface area (Å²) in [5.74, 6) is 0.0807. The molecule has 0 radical (unpaired) electrons. The van der Waals surface area contributed by atoms with Crippen LogP contribution >= 0.6 is 0 Å². The minimum atomic E-state index is -0.417. The molecule has 0 spiro atoms. The second kappa shape index (κ2) is 9.99. The van der Waals surface area contributed by atoms with Crippen LogP contribution in [-0.4, -0.2) is 29.5 Å². The number of nitrogens with one attached hydrogen (secondary N) is 3. The number of imide groups is 1. The van der Waals surface area contributed by atoms with Crippen LogP contribution < -0.4 is 16.0 Å². The van der Waals surface area contributed by atoms with Gasteiger partial charge >= 0.3 is 6.03 Å². The number of aromatic nitrogens is 1. The Morgan fingerprint density at radius 2 is 1.82 bits per heavy atom. The minimum absolute atomic E-state index is 0.0176. The molecule has 6 nitrogen and oxygen atoms in total. The second-order valence-electron chi connectivity index (χ2n) is 7.37. The van der Waals surface area contributed by atoms with Crippen LogP contribution in [0.4, 0.5) is 4.79 Å². The highest BCUT2D eigenvalue weighted by atomic mass is 16.2. The predicted octanol–water partition coefficient (Wildman–Crippen LogP) is 3.17. The number of amides is 3. The molecule has 1 saturated carbocycles. The number of urea groups is 1. The van der Waals surface area contributed by atoms with E-state index in [0.717, 1.165) is 30.5 Å². The summed E-state index contributed by atoms with van der Waals surface area (Å²) in [6.07, 6.45) is 6.14. The first kappa shape index (κ1) is 20.0. The van der Waals surface area contributed by atoms with Gasteiger partial charge in [0.15, 0.2) is 0 Å². The number of pyridine rings is 1. The van der Waals surface area contributed by atoms with E-state index in [9.17, 15) is 9.59 Å². The summed E-state index contributed by atoms with van der Waals surface area (Å²) in [5.41, 5.74) is 1.83. The zero-order valence-electron chi connectivity index (χ0n) is 16.2. The maximum atomic E-state index is 12.3. The van der Waals surface area contributed by atoms with E-state index in [0.29, 0.717) is 5.92 Å². The zero-order valence-corrected chi connectivity index (χ0v) is 16.2. The first-order valence-corrected chi connectivity index (χ1v) is 9.93. The first-order valence-electron chi connectivity index (χ1n) is 9.93. The van der Waals surface area contributed by atoms with Crippen LogP contribution in [0.25, 0.3) is 0 Å². The van der Waals surface area contributed by atoms with Crippen LogP contribution in [0.2, 0.25) is 0 Å². The van der Waals surface area contributed by atoms with E-state index in [1.54, 1.807) is 6.20 Å². The largest absolute Gasteiger partial charge is 0.335 e. The molecule has 6 heteroatoms. The summed E-state index contributed by atoms with van der Waals surface area (Å²) in [4.78, 5) is 28.9. The minimum Gasteiger partial charge on any atom is -0.335 e. The lowest BCUT2D eigenvalue weighted by Crippen LogP contribution is -2.49. The molecule has 1 heterocycles. The van der Waals surface area contributed by atoms with Crippen molar-refractivity contribution in [2.45, 2.75) is 44.7 Å². The topological polar surface area (TPSA) is 83.1 Å². The maximum absolute atomic E-state index is 12.3. The molecule has 3 atom stereocenters. The van der Waals surface area contributed by atoms with Gasteiger partial charge in [0.25, 0.3) is 0 Å². The summed E-state index contributed by atoms with van der Waals surface area (Å²) in [6, 6.07) is 15.0. The van der Waals surface area contributed by atoms with Crippen LogP contribution in [0.1, 0.15) is 49.9 Å². The van der Waals surface area contributed by atoms with Crippen LogP contribution in [0, 0.1) is 5.92 Å². The Labute approximate surface area is 166 Å². The molecule has 1 aromatic heterocycles. The monoisotopic (exact) mass is 380 g/mol. The number of hydrogen-bond acceptors (Lipinski definition) is 4. The highest BCUT2D eigenvalue weighted by molar-refractivity contribution is 5.95. The van der Waals surface area contributed by atoms with E-state index in [2.05, 4.69) is 27.9 Å². The Morgan fingerprint density at radius 1 is 1.07 bits per heavy atom. The molecular weight excluding hydrogens is 352 g/mol. The molecule has 0 bridgehead atoms. The van der Waals surface area contributed by atoms with Crippen LogP contribution in [0.5, 0.6) is 0 Å². The van der Waals surface area contributed by atoms with E-state index in [1.165, 1.54) is 6.42 Å². The van der Waals surface area contributed by atoms with Gasteiger partial charge in [-0.05, 0) is 36.5 Å². The number of carbonyl (C=O) groups is 2. The van der Waals surface area contributed by atoms with Crippen molar-refractivity contribution in [1.29, 1.82) is 0 Å². The van der Waals surface area contributed by atoms with Crippen molar-refractivity contribution in [1.82, 2.24) is 20.9 Å². The summed E-state index contributed by atoms with van der Waals surface area (Å²) < 4.78 is 0. The van der Waals surface area contributed by atoms with Gasteiger partial charge in [0, 0.05) is 12.2 Å². The molecule has 0 saturated heterocycles. The van der Waals surface area contributed by atoms with Crippen LogP contribution in [0.3, 0.4) is 0 Å². The van der Waals surface area contributed by atoms with Gasteiger partial charge in [-0.3, -0.25) is 20.4 Å². The lowest BCUT2D eigenvalue weighted by atomic mass is 9.86. The van der Waals surface area contributed by atoms with Crippen molar-refractivity contribution >= 4 is 11.9 Å². The Hall–Kier alpha value is -2.73. The smallest absolute Gasteiger partial charge is 0.321 e. The van der Waals surface area contributed by atoms with Gasteiger partial charge in [-0.2, -0.15) is 0 Å². The molecule has 3 amide bonds. The number of hydrogen-bond donors (Lipinski definition) is 3. The molecule has 2 aromatic rings. The van der Waals surface area contributed by atoms with E-state index >= 15 is 0 Å². The normalized spacial score (nSPS) is 20.2. The van der Waals surface area contributed by atoms with Crippen LogP contribution in [0.15, 0.2) is 54.7 Å². The van der Waals surface area contributed by atoms with Gasteiger partial charge in [-0.1, -0.05) is 56.2 Å². The van der Waals surface area contributed by atoms with E-state index in [4.69, 9.17) is 0 Å². The average molecular weight is 380 g/mol. The van der Waals surface area contributed by atoms with Gasteiger partial charge in [0.2, 0.25) is 5.91 Å². The van der Waals surface area contributed by atoms with Crippen molar-refractivity contribution in [2.24, 2.45) is 5.92 Å². The van der Waals surface area contributed by atoms with E-state index in [1.807, 2.05) is 48.5 Å². The van der Waals surface area contributed by atoms with Crippen molar-refractivity contribution in [3.05, 3.63) is 66.0 Å². The second-order valence-corrected chi connectivity index (χ2v) is 7.37. The third kappa shape index (κ3) is 5.63. The molecule has 1 aliphatic rings. The standard InChI is InChI=1S/C22H28N4O2/c1-16-9-5-6-12-18(16)25-22(28)26-20(27)15-24-21(17-10-3-2-4-11-17)19-13-7-8-14-23-19/h2-4,7-8,10-11,13-14,16,18,21,24H,5-6,9,12,15H2,1H3,(H2,25,26,27,28). The Balaban J connectivity index is 1.55. The highest BCUT2D eigenvalue weighted by Gasteiger charge is 2.23. The summed E-state index contributed by atoms with van der Waals surface area (Å²) in [5, 5.41) is 8.59. The third-order valence-electron chi connectivity index (χ3n) is 5.26. The number of nitrogens with zero attached hydrogens (tertiary/aromatic N) is 1. The quantitative estimate of drug-likeness (QED) is 0.719. The fraction of sp³-hybridized carbons (Fsp3) is 0.409. The fourth-order valence-electron chi connectivity index (χ4n) is 3.69. The third-order valence-corrected chi connectivity index (χ3v) is 5.26. The molecule has 28 heavy (non-hydrogen) atoms. The molecule has 1 aromatic carbocycles. The lowest BCUT2D eigenvalue weighted by Gasteiger charge is -2.29. The lowest BCUT2D eigenvalue weighted by molar-refractivity contribution is -0.119. The van der Waals surface area contributed by atoms with Crippen molar-refractivity contribution in [3.8, 4) is 0 Å². The van der Waals surface area contributed by atoms with Gasteiger partial charge in [0.05, 0.1) is 18.3 Å². The molecule has 3 unspecified atom stereocenters. The number of rotatable bonds is 6. The van der Waals surface area contributed by atoms with E-state index < -0.39 is 6.03 Å². The number of benzene rings is 1. The number of carbonyl (C=O) groups excluding carboxylic acids is 2. The molecular formula is C22H28N4O2. The van der Waals surface area contributed by atoms with Crippen molar-refractivity contribution < 1.29 is 9.59 Å². The molecule has 148 valence electrons. The maximum Gasteiger partial charge on any atom is 0.321 e. The van der Waals surface area contributed by atoms with Crippen molar-refractivity contribution in [3.63, 3.8) is 0 Å². The van der Waals surface area contributed by atoms with Gasteiger partial charge < -0.3 is 5.32 Å². The van der Waals surface area contributed by atoms with E-state index in [-0.39, 0.29) is 24.5 Å². The van der Waals surface area contributed by atoms with Crippen molar-refractivity contribution in [2.75, 3.05) is 6.54 Å². The highest BCUT2D eigenvalue weighted by Crippen LogP contribution is 2.23. The summed E-state index contributed by atoms with van der Waals surface area (Å²) >= 11 is 0. The molecule has 1 aliphatic carbocycles. The average Bonchev–Trinajstić information content (AvgIpc) is 2.71. The zero-order chi connectivity index (χ0) is 19.8. The fourth-order valence-corrected chi connectivity index (χ4v) is 3.69. The summed E-state index contributed by atoms with van der Waals surface area (Å²) in [6.45, 7) is 2.16. The van der Waals surface area contributed by atoms with Gasteiger partial charge in [-0.15, -0.1) is 0 Å². The summed E-state index contributed by atoms with van der Waals surface area (Å²) in [7, 11) is 0. The van der Waals surface area contributed by atoms with Gasteiger partial charge in [0.1, 0.15) is 0 Å². The molecule has 0 aliphatic heterocycles. The Morgan fingerprint density at radius 3 is 2.54 bits per heavy atom. The van der Waals surface area contributed by atoms with Crippen LogP contribution in [-0.2, 0) is 4.79 Å². The Bertz CT molecular complexity index is 727. The predicted molar refractivity (Wildman–Crippen MR) is 109 cm³/mol.